The van der Waals surface area contributed by atoms with Crippen LogP contribution in [0.15, 0.2) is 65.7 Å². The second kappa shape index (κ2) is 8.70. The highest BCUT2D eigenvalue weighted by Crippen LogP contribution is 2.25. The molecule has 1 amide bonds. The topological polar surface area (TPSA) is 99.8 Å². The molecule has 0 aliphatic rings. The van der Waals surface area contributed by atoms with Crippen molar-refractivity contribution in [3.8, 4) is 17.4 Å². The van der Waals surface area contributed by atoms with Crippen LogP contribution in [0.3, 0.4) is 0 Å². The number of rotatable bonds is 7. The van der Waals surface area contributed by atoms with E-state index in [0.717, 1.165) is 11.1 Å². The second-order valence-electron chi connectivity index (χ2n) is 6.75. The summed E-state index contributed by atoms with van der Waals surface area (Å²) in [6.07, 6.45) is 3.82. The van der Waals surface area contributed by atoms with Crippen molar-refractivity contribution in [1.29, 1.82) is 0 Å². The van der Waals surface area contributed by atoms with E-state index in [2.05, 4.69) is 22.3 Å². The normalized spacial score (nSPS) is 10.8. The quantitative estimate of drug-likeness (QED) is 0.494. The predicted octanol–water partition coefficient (Wildman–Crippen LogP) is 2.89. The summed E-state index contributed by atoms with van der Waals surface area (Å²) in [7, 11) is 1.56. The van der Waals surface area contributed by atoms with E-state index in [-0.39, 0.29) is 24.0 Å². The highest BCUT2D eigenvalue weighted by Gasteiger charge is 2.16. The van der Waals surface area contributed by atoms with Crippen LogP contribution in [0.25, 0.3) is 5.65 Å². The van der Waals surface area contributed by atoms with Crippen LogP contribution in [0.4, 0.5) is 5.69 Å². The van der Waals surface area contributed by atoms with E-state index in [1.165, 1.54) is 22.4 Å². The minimum absolute atomic E-state index is 0.141. The summed E-state index contributed by atoms with van der Waals surface area (Å²) < 4.78 is 13.3. The number of aryl methyl sites for hydroxylation is 1. The first-order valence-electron chi connectivity index (χ1n) is 9.72. The number of nitrogens with one attached hydrogen (secondary N) is 1. The third-order valence-electron chi connectivity index (χ3n) is 4.66. The van der Waals surface area contributed by atoms with Crippen molar-refractivity contribution in [2.75, 3.05) is 12.4 Å². The molecule has 0 radical (unpaired) electrons. The maximum Gasteiger partial charge on any atom is 0.351 e. The summed E-state index contributed by atoms with van der Waals surface area (Å²) in [6.45, 7) is 1.82. The third kappa shape index (κ3) is 4.40. The number of methoxy groups -OCH3 is 1. The number of hydrogen-bond acceptors (Lipinski definition) is 6. The van der Waals surface area contributed by atoms with E-state index in [9.17, 15) is 9.59 Å². The zero-order valence-electron chi connectivity index (χ0n) is 17.1. The summed E-state index contributed by atoms with van der Waals surface area (Å²) in [6, 6.07) is 14.5. The number of benzene rings is 2. The molecule has 0 aliphatic carbocycles. The lowest BCUT2D eigenvalue weighted by molar-refractivity contribution is -0.117. The molecular weight excluding hydrogens is 398 g/mol. The number of ether oxygens (including phenoxy) is 2. The Hall–Kier alpha value is -4.14. The maximum atomic E-state index is 12.7. The first-order valence-corrected chi connectivity index (χ1v) is 9.72. The Bertz CT molecular complexity index is 1280. The Balaban J connectivity index is 1.56. The van der Waals surface area contributed by atoms with Gasteiger partial charge in [-0.05, 0) is 36.2 Å². The number of hydrogen-bond donors (Lipinski definition) is 1. The average Bonchev–Trinajstić information content (AvgIpc) is 3.10. The smallest absolute Gasteiger partial charge is 0.351 e. The average molecular weight is 419 g/mol. The minimum atomic E-state index is -0.468. The van der Waals surface area contributed by atoms with Crippen LogP contribution in [0.5, 0.6) is 17.4 Å². The molecule has 4 aromatic rings. The van der Waals surface area contributed by atoms with Crippen molar-refractivity contribution in [1.82, 2.24) is 19.2 Å². The largest absolute Gasteiger partial charge is 0.497 e. The highest BCUT2D eigenvalue weighted by molar-refractivity contribution is 5.90. The fourth-order valence-corrected chi connectivity index (χ4v) is 3.04. The van der Waals surface area contributed by atoms with Gasteiger partial charge >= 0.3 is 5.69 Å². The van der Waals surface area contributed by atoms with Crippen LogP contribution < -0.4 is 20.5 Å². The van der Waals surface area contributed by atoms with E-state index < -0.39 is 5.69 Å². The molecule has 2 heterocycles. The molecule has 0 bridgehead atoms. The molecule has 31 heavy (non-hydrogen) atoms. The highest BCUT2D eigenvalue weighted by atomic mass is 16.5. The molecule has 0 aliphatic heterocycles. The van der Waals surface area contributed by atoms with Gasteiger partial charge < -0.3 is 14.8 Å². The molecule has 0 atom stereocenters. The standard InChI is InChI=1S/C22H21N5O4/c1-3-15-7-9-16(10-8-15)24-19(28)14-27-22(29)26-12-11-23-21(20(26)25-27)31-18-6-4-5-17(13-18)30-2/h4-13H,3,14H2,1-2H3,(H,24,28). The molecule has 9 heteroatoms. The Morgan fingerprint density at radius 2 is 1.90 bits per heavy atom. The number of carbonyl (C=O) groups is 1. The molecule has 0 spiro atoms. The monoisotopic (exact) mass is 419 g/mol. The lowest BCUT2D eigenvalue weighted by Crippen LogP contribution is -2.28. The molecule has 0 fully saturated rings. The minimum Gasteiger partial charge on any atom is -0.497 e. The zero-order chi connectivity index (χ0) is 21.8. The van der Waals surface area contributed by atoms with Crippen molar-refractivity contribution >= 4 is 17.2 Å². The Kier molecular flexibility index (Phi) is 5.65. The molecule has 0 unspecified atom stereocenters. The lowest BCUT2D eigenvalue weighted by atomic mass is 10.1. The molecule has 1 N–H and O–H groups in total. The Morgan fingerprint density at radius 3 is 2.65 bits per heavy atom. The van der Waals surface area contributed by atoms with Gasteiger partial charge in [-0.1, -0.05) is 25.1 Å². The fraction of sp³-hybridized carbons (Fsp3) is 0.182. The van der Waals surface area contributed by atoms with Crippen molar-refractivity contribution < 1.29 is 14.3 Å². The van der Waals surface area contributed by atoms with Gasteiger partial charge in [0.2, 0.25) is 11.6 Å². The molecule has 158 valence electrons. The van der Waals surface area contributed by atoms with Gasteiger partial charge in [-0.15, -0.1) is 5.10 Å². The van der Waals surface area contributed by atoms with Gasteiger partial charge in [-0.25, -0.2) is 18.9 Å². The van der Waals surface area contributed by atoms with Crippen LogP contribution in [-0.4, -0.2) is 32.2 Å². The Morgan fingerprint density at radius 1 is 1.13 bits per heavy atom. The number of aromatic nitrogens is 4. The van der Waals surface area contributed by atoms with E-state index in [1.807, 2.05) is 24.3 Å². The summed E-state index contributed by atoms with van der Waals surface area (Å²) in [4.78, 5) is 29.3. The zero-order valence-corrected chi connectivity index (χ0v) is 17.1. The maximum absolute atomic E-state index is 12.7. The number of carbonyl (C=O) groups excluding carboxylic acids is 1. The summed E-state index contributed by atoms with van der Waals surface area (Å²) in [5.74, 6) is 0.881. The van der Waals surface area contributed by atoms with Gasteiger partial charge in [0.05, 0.1) is 7.11 Å². The molecule has 0 saturated carbocycles. The number of nitrogens with zero attached hydrogens (tertiary/aromatic N) is 4. The van der Waals surface area contributed by atoms with Gasteiger partial charge in [0, 0.05) is 24.1 Å². The van der Waals surface area contributed by atoms with E-state index in [4.69, 9.17) is 9.47 Å². The van der Waals surface area contributed by atoms with Crippen molar-refractivity contribution in [2.24, 2.45) is 0 Å². The SMILES string of the molecule is CCc1ccc(NC(=O)Cn2nc3c(Oc4cccc(OC)c4)nccn3c2=O)cc1. The number of anilines is 1. The summed E-state index contributed by atoms with van der Waals surface area (Å²) in [5.41, 5.74) is 1.56. The van der Waals surface area contributed by atoms with Gasteiger partial charge in [0.25, 0.3) is 5.88 Å². The van der Waals surface area contributed by atoms with Crippen molar-refractivity contribution in [3.05, 3.63) is 77.0 Å². The second-order valence-corrected chi connectivity index (χ2v) is 6.75. The van der Waals surface area contributed by atoms with E-state index in [0.29, 0.717) is 17.2 Å². The van der Waals surface area contributed by atoms with E-state index >= 15 is 0 Å². The molecule has 9 nitrogen and oxygen atoms in total. The molecule has 0 saturated heterocycles. The molecular formula is C22H21N5O4. The van der Waals surface area contributed by atoms with Crippen LogP contribution in [0, 0.1) is 0 Å². The molecule has 2 aromatic carbocycles. The summed E-state index contributed by atoms with van der Waals surface area (Å²) >= 11 is 0. The van der Waals surface area contributed by atoms with Crippen LogP contribution in [0.1, 0.15) is 12.5 Å². The van der Waals surface area contributed by atoms with E-state index in [1.54, 1.807) is 31.4 Å². The van der Waals surface area contributed by atoms with Gasteiger partial charge in [0.15, 0.2) is 0 Å². The van der Waals surface area contributed by atoms with Crippen LogP contribution in [-0.2, 0) is 17.8 Å². The number of fused-ring (bicyclic) bond motifs is 1. The van der Waals surface area contributed by atoms with Crippen LogP contribution in [0.2, 0.25) is 0 Å². The van der Waals surface area contributed by atoms with Gasteiger partial charge in [-0.2, -0.15) is 0 Å². The first kappa shape index (κ1) is 20.1. The van der Waals surface area contributed by atoms with Crippen molar-refractivity contribution in [2.45, 2.75) is 19.9 Å². The van der Waals surface area contributed by atoms with Gasteiger partial charge in [0.1, 0.15) is 18.0 Å². The number of amides is 1. The molecule has 4 rings (SSSR count). The van der Waals surface area contributed by atoms with Crippen LogP contribution >= 0.6 is 0 Å². The Labute approximate surface area is 177 Å². The van der Waals surface area contributed by atoms with Crippen molar-refractivity contribution in [3.63, 3.8) is 0 Å². The summed E-state index contributed by atoms with van der Waals surface area (Å²) in [5, 5.41) is 7.02. The first-order chi connectivity index (χ1) is 15.1. The van der Waals surface area contributed by atoms with Gasteiger partial charge in [-0.3, -0.25) is 4.79 Å². The lowest BCUT2D eigenvalue weighted by Gasteiger charge is -2.06. The molecule has 2 aromatic heterocycles. The fourth-order valence-electron chi connectivity index (χ4n) is 3.04. The predicted molar refractivity (Wildman–Crippen MR) is 115 cm³/mol. The third-order valence-corrected chi connectivity index (χ3v) is 4.66.